The number of hydrogen-bond acceptors (Lipinski definition) is 4. The predicted octanol–water partition coefficient (Wildman–Crippen LogP) is 5.18. The summed E-state index contributed by atoms with van der Waals surface area (Å²) in [6.45, 7) is 8.12. The number of aromatic carboxylic acids is 1. The van der Waals surface area contributed by atoms with Gasteiger partial charge in [0.1, 0.15) is 0 Å². The Morgan fingerprint density at radius 2 is 2.06 bits per heavy atom. The molecule has 0 fully saturated rings. The van der Waals surface area contributed by atoms with Gasteiger partial charge < -0.3 is 15.7 Å². The van der Waals surface area contributed by atoms with Crippen LogP contribution in [0.25, 0.3) is 11.1 Å². The standard InChI is InChI=1S/C26H29N3O2/c1-16(2)18-4-6-21(17(3)12-18)19-5-7-22-20(13-19)8-11-28-25(22)15-29-24-14-27-10-9-23(24)26(30)31/h4-7,9-10,12-14,16,25,28-29H,8,11,15H2,1-3H3,(H,30,31). The molecule has 5 nitrogen and oxygen atoms in total. The van der Waals surface area contributed by atoms with Gasteiger partial charge in [-0.25, -0.2) is 4.79 Å². The Balaban J connectivity index is 1.56. The molecule has 0 saturated heterocycles. The number of hydrogen-bond donors (Lipinski definition) is 3. The SMILES string of the molecule is Cc1cc(C(C)C)ccc1-c1ccc2c(c1)CCNC2CNc1cnccc1C(=O)O. The largest absolute Gasteiger partial charge is 0.478 e. The van der Waals surface area contributed by atoms with Crippen molar-refractivity contribution in [3.63, 3.8) is 0 Å². The average molecular weight is 416 g/mol. The second-order valence-electron chi connectivity index (χ2n) is 8.51. The van der Waals surface area contributed by atoms with Crippen molar-refractivity contribution in [1.82, 2.24) is 10.3 Å². The van der Waals surface area contributed by atoms with Crippen LogP contribution in [0.5, 0.6) is 0 Å². The van der Waals surface area contributed by atoms with E-state index in [1.54, 1.807) is 6.20 Å². The van der Waals surface area contributed by atoms with Gasteiger partial charge in [-0.3, -0.25) is 4.98 Å². The fourth-order valence-corrected chi connectivity index (χ4v) is 4.31. The van der Waals surface area contributed by atoms with Crippen LogP contribution in [0.15, 0.2) is 54.9 Å². The maximum Gasteiger partial charge on any atom is 0.337 e. The molecule has 0 amide bonds. The molecule has 4 rings (SSSR count). The van der Waals surface area contributed by atoms with Gasteiger partial charge in [-0.2, -0.15) is 0 Å². The summed E-state index contributed by atoms with van der Waals surface area (Å²) in [5.74, 6) is -0.428. The van der Waals surface area contributed by atoms with Gasteiger partial charge in [0.2, 0.25) is 0 Å². The summed E-state index contributed by atoms with van der Waals surface area (Å²) in [4.78, 5) is 15.5. The number of nitrogens with one attached hydrogen (secondary N) is 2. The highest BCUT2D eigenvalue weighted by atomic mass is 16.4. The Kier molecular flexibility index (Phi) is 6.05. The molecule has 5 heteroatoms. The van der Waals surface area contributed by atoms with Gasteiger partial charge in [-0.15, -0.1) is 0 Å². The second kappa shape index (κ2) is 8.90. The molecular formula is C26H29N3O2. The molecule has 1 aliphatic rings. The van der Waals surface area contributed by atoms with E-state index < -0.39 is 5.97 Å². The Morgan fingerprint density at radius 1 is 1.23 bits per heavy atom. The summed E-state index contributed by atoms with van der Waals surface area (Å²) in [7, 11) is 0. The molecule has 3 aromatic rings. The lowest BCUT2D eigenvalue weighted by Crippen LogP contribution is -2.34. The van der Waals surface area contributed by atoms with E-state index in [-0.39, 0.29) is 11.6 Å². The van der Waals surface area contributed by atoms with Crippen LogP contribution in [0, 0.1) is 6.92 Å². The lowest BCUT2D eigenvalue weighted by Gasteiger charge is -2.28. The van der Waals surface area contributed by atoms with Gasteiger partial charge in [-0.1, -0.05) is 50.2 Å². The van der Waals surface area contributed by atoms with Crippen molar-refractivity contribution >= 4 is 11.7 Å². The van der Waals surface area contributed by atoms with Crippen molar-refractivity contribution in [1.29, 1.82) is 0 Å². The molecule has 160 valence electrons. The molecule has 0 bridgehead atoms. The number of carboxylic acids is 1. The van der Waals surface area contributed by atoms with Gasteiger partial charge in [0.05, 0.1) is 17.4 Å². The zero-order valence-corrected chi connectivity index (χ0v) is 18.3. The maximum absolute atomic E-state index is 11.4. The minimum absolute atomic E-state index is 0.115. The highest BCUT2D eigenvalue weighted by molar-refractivity contribution is 5.93. The van der Waals surface area contributed by atoms with Crippen molar-refractivity contribution in [2.45, 2.75) is 39.2 Å². The normalized spacial score (nSPS) is 15.5. The number of aryl methyl sites for hydroxylation is 1. The third-order valence-electron chi connectivity index (χ3n) is 6.08. The predicted molar refractivity (Wildman–Crippen MR) is 125 cm³/mol. The van der Waals surface area contributed by atoms with E-state index in [0.717, 1.165) is 13.0 Å². The number of carbonyl (C=O) groups is 1. The van der Waals surface area contributed by atoms with E-state index in [1.807, 2.05) is 0 Å². The lowest BCUT2D eigenvalue weighted by molar-refractivity contribution is 0.0697. The summed E-state index contributed by atoms with van der Waals surface area (Å²) in [5, 5.41) is 16.2. The van der Waals surface area contributed by atoms with Crippen LogP contribution in [0.3, 0.4) is 0 Å². The Morgan fingerprint density at radius 3 is 2.81 bits per heavy atom. The van der Waals surface area contributed by atoms with E-state index in [2.05, 4.69) is 72.8 Å². The van der Waals surface area contributed by atoms with Crippen LogP contribution in [0.1, 0.15) is 58.4 Å². The average Bonchev–Trinajstić information content (AvgIpc) is 2.77. The fourth-order valence-electron chi connectivity index (χ4n) is 4.31. The van der Waals surface area contributed by atoms with E-state index in [4.69, 9.17) is 0 Å². The van der Waals surface area contributed by atoms with E-state index in [9.17, 15) is 9.90 Å². The van der Waals surface area contributed by atoms with Crippen LogP contribution in [-0.2, 0) is 6.42 Å². The quantitative estimate of drug-likeness (QED) is 0.517. The Labute approximate surface area is 183 Å². The van der Waals surface area contributed by atoms with Crippen molar-refractivity contribution in [3.05, 3.63) is 82.7 Å². The summed E-state index contributed by atoms with van der Waals surface area (Å²) in [5.41, 5.74) is 8.59. The van der Waals surface area contributed by atoms with Crippen molar-refractivity contribution in [2.24, 2.45) is 0 Å². The first-order valence-corrected chi connectivity index (χ1v) is 10.8. The van der Waals surface area contributed by atoms with Crippen LogP contribution < -0.4 is 10.6 Å². The molecular weight excluding hydrogens is 386 g/mol. The highest BCUT2D eigenvalue weighted by Gasteiger charge is 2.21. The maximum atomic E-state index is 11.4. The van der Waals surface area contributed by atoms with E-state index in [0.29, 0.717) is 18.2 Å². The number of benzene rings is 2. The molecule has 0 aliphatic carbocycles. The number of fused-ring (bicyclic) bond motifs is 1. The first-order chi connectivity index (χ1) is 14.9. The first-order valence-electron chi connectivity index (χ1n) is 10.8. The number of anilines is 1. The fraction of sp³-hybridized carbons (Fsp3) is 0.308. The van der Waals surface area contributed by atoms with Crippen molar-refractivity contribution in [2.75, 3.05) is 18.4 Å². The Bertz CT molecular complexity index is 1110. The van der Waals surface area contributed by atoms with Gasteiger partial charge in [0, 0.05) is 18.8 Å². The van der Waals surface area contributed by atoms with E-state index in [1.165, 1.54) is 45.6 Å². The number of aromatic nitrogens is 1. The topological polar surface area (TPSA) is 74.2 Å². The van der Waals surface area contributed by atoms with Gasteiger partial charge in [0.15, 0.2) is 0 Å². The third kappa shape index (κ3) is 4.47. The smallest absolute Gasteiger partial charge is 0.337 e. The lowest BCUT2D eigenvalue weighted by atomic mass is 9.89. The molecule has 1 aliphatic heterocycles. The summed E-state index contributed by atoms with van der Waals surface area (Å²) < 4.78 is 0. The van der Waals surface area contributed by atoms with Gasteiger partial charge >= 0.3 is 5.97 Å². The number of pyridine rings is 1. The zero-order valence-electron chi connectivity index (χ0n) is 18.3. The monoisotopic (exact) mass is 415 g/mol. The molecule has 1 unspecified atom stereocenters. The Hall–Kier alpha value is -3.18. The summed E-state index contributed by atoms with van der Waals surface area (Å²) in [6, 6.07) is 15.1. The first kappa shape index (κ1) is 21.1. The zero-order chi connectivity index (χ0) is 22.0. The number of rotatable bonds is 6. The molecule has 0 radical (unpaired) electrons. The van der Waals surface area contributed by atoms with Crippen LogP contribution in [-0.4, -0.2) is 29.1 Å². The van der Waals surface area contributed by atoms with E-state index >= 15 is 0 Å². The van der Waals surface area contributed by atoms with Gasteiger partial charge in [0.25, 0.3) is 0 Å². The summed E-state index contributed by atoms with van der Waals surface area (Å²) >= 11 is 0. The molecule has 0 spiro atoms. The van der Waals surface area contributed by atoms with Crippen molar-refractivity contribution < 1.29 is 9.90 Å². The minimum atomic E-state index is -0.953. The van der Waals surface area contributed by atoms with Gasteiger partial charge in [-0.05, 0) is 65.3 Å². The second-order valence-corrected chi connectivity index (χ2v) is 8.51. The number of nitrogens with zero attached hydrogens (tertiary/aromatic N) is 1. The number of carboxylic acid groups (broad SMARTS) is 1. The molecule has 1 atom stereocenters. The molecule has 1 aromatic heterocycles. The van der Waals surface area contributed by atoms with Crippen LogP contribution in [0.4, 0.5) is 5.69 Å². The van der Waals surface area contributed by atoms with Crippen LogP contribution in [0.2, 0.25) is 0 Å². The molecule has 2 heterocycles. The molecule has 3 N–H and O–H groups in total. The van der Waals surface area contributed by atoms with Crippen molar-refractivity contribution in [3.8, 4) is 11.1 Å². The van der Waals surface area contributed by atoms with Crippen LogP contribution >= 0.6 is 0 Å². The third-order valence-corrected chi connectivity index (χ3v) is 6.08. The molecule has 0 saturated carbocycles. The minimum Gasteiger partial charge on any atom is -0.478 e. The summed E-state index contributed by atoms with van der Waals surface area (Å²) in [6.07, 6.45) is 4.05. The highest BCUT2D eigenvalue weighted by Crippen LogP contribution is 2.32. The molecule has 2 aromatic carbocycles. The molecule has 31 heavy (non-hydrogen) atoms.